The Morgan fingerprint density at radius 3 is 2.83 bits per heavy atom. The van der Waals surface area contributed by atoms with Gasteiger partial charge in [-0.15, -0.1) is 0 Å². The quantitative estimate of drug-likeness (QED) is 0.763. The van der Waals surface area contributed by atoms with Crippen LogP contribution in [0.3, 0.4) is 0 Å². The standard InChI is InChI=1S/C14H22N2O2/c1-4-5-7-10(2)16-14(17)13-11(15)8-6-9-12(13)18-3/h6,8-10H,4-5,7,15H2,1-3H3,(H,16,17). The summed E-state index contributed by atoms with van der Waals surface area (Å²) in [6.07, 6.45) is 3.19. The van der Waals surface area contributed by atoms with Crippen LogP contribution in [0.25, 0.3) is 0 Å². The molecule has 1 amide bonds. The van der Waals surface area contributed by atoms with E-state index in [1.54, 1.807) is 18.2 Å². The molecule has 1 atom stereocenters. The highest BCUT2D eigenvalue weighted by Crippen LogP contribution is 2.24. The molecule has 0 bridgehead atoms. The summed E-state index contributed by atoms with van der Waals surface area (Å²) in [5.74, 6) is 0.337. The molecule has 1 aromatic carbocycles. The molecule has 1 unspecified atom stereocenters. The number of nitrogens with one attached hydrogen (secondary N) is 1. The van der Waals surface area contributed by atoms with Crippen molar-refractivity contribution in [1.29, 1.82) is 0 Å². The Bertz CT molecular complexity index is 405. The molecule has 0 spiro atoms. The fourth-order valence-electron chi connectivity index (χ4n) is 1.84. The molecule has 0 aliphatic carbocycles. The summed E-state index contributed by atoms with van der Waals surface area (Å²) in [6, 6.07) is 5.35. The van der Waals surface area contributed by atoms with Crippen molar-refractivity contribution in [3.05, 3.63) is 23.8 Å². The number of unbranched alkanes of at least 4 members (excludes halogenated alkanes) is 1. The Morgan fingerprint density at radius 2 is 2.22 bits per heavy atom. The second-order valence-corrected chi connectivity index (χ2v) is 4.44. The fraction of sp³-hybridized carbons (Fsp3) is 0.500. The van der Waals surface area contributed by atoms with Gasteiger partial charge in [-0.25, -0.2) is 0 Å². The molecule has 1 rings (SSSR count). The second-order valence-electron chi connectivity index (χ2n) is 4.44. The van der Waals surface area contributed by atoms with Crippen molar-refractivity contribution in [2.24, 2.45) is 0 Å². The zero-order chi connectivity index (χ0) is 13.5. The van der Waals surface area contributed by atoms with Crippen molar-refractivity contribution in [1.82, 2.24) is 5.32 Å². The number of rotatable bonds is 6. The van der Waals surface area contributed by atoms with E-state index in [1.807, 2.05) is 6.92 Å². The Kier molecular flexibility index (Phi) is 5.49. The van der Waals surface area contributed by atoms with Crippen LogP contribution in [0.15, 0.2) is 18.2 Å². The van der Waals surface area contributed by atoms with E-state index >= 15 is 0 Å². The minimum Gasteiger partial charge on any atom is -0.496 e. The van der Waals surface area contributed by atoms with Gasteiger partial charge in [0.1, 0.15) is 11.3 Å². The van der Waals surface area contributed by atoms with Crippen LogP contribution in [-0.2, 0) is 0 Å². The van der Waals surface area contributed by atoms with Crippen LogP contribution in [0.4, 0.5) is 5.69 Å². The maximum Gasteiger partial charge on any atom is 0.257 e. The number of benzene rings is 1. The number of anilines is 1. The monoisotopic (exact) mass is 250 g/mol. The first-order chi connectivity index (χ1) is 8.60. The van der Waals surface area contributed by atoms with Crippen molar-refractivity contribution >= 4 is 11.6 Å². The molecule has 4 heteroatoms. The van der Waals surface area contributed by atoms with Crippen LogP contribution >= 0.6 is 0 Å². The van der Waals surface area contributed by atoms with Crippen LogP contribution in [0.5, 0.6) is 5.75 Å². The SMILES string of the molecule is CCCCC(C)NC(=O)c1c(N)cccc1OC. The minimum atomic E-state index is -0.173. The van der Waals surface area contributed by atoms with Crippen molar-refractivity contribution in [2.45, 2.75) is 39.2 Å². The molecule has 0 saturated heterocycles. The predicted molar refractivity (Wildman–Crippen MR) is 73.9 cm³/mol. The number of methoxy groups -OCH3 is 1. The Hall–Kier alpha value is -1.71. The van der Waals surface area contributed by atoms with Crippen molar-refractivity contribution in [2.75, 3.05) is 12.8 Å². The maximum atomic E-state index is 12.1. The largest absolute Gasteiger partial charge is 0.496 e. The minimum absolute atomic E-state index is 0.141. The summed E-state index contributed by atoms with van der Waals surface area (Å²) in [6.45, 7) is 4.13. The number of nitrogens with two attached hydrogens (primary N) is 1. The van der Waals surface area contributed by atoms with Crippen LogP contribution in [0.1, 0.15) is 43.5 Å². The number of ether oxygens (including phenoxy) is 1. The number of carbonyl (C=O) groups excluding carboxylic acids is 1. The van der Waals surface area contributed by atoms with Gasteiger partial charge in [-0.2, -0.15) is 0 Å². The third-order valence-electron chi connectivity index (χ3n) is 2.87. The van der Waals surface area contributed by atoms with Gasteiger partial charge < -0.3 is 15.8 Å². The third kappa shape index (κ3) is 3.65. The zero-order valence-corrected chi connectivity index (χ0v) is 11.3. The van der Waals surface area contributed by atoms with Crippen LogP contribution in [0.2, 0.25) is 0 Å². The van der Waals surface area contributed by atoms with Gasteiger partial charge in [0.2, 0.25) is 0 Å². The molecule has 0 heterocycles. The molecule has 0 radical (unpaired) electrons. The zero-order valence-electron chi connectivity index (χ0n) is 11.3. The summed E-state index contributed by atoms with van der Waals surface area (Å²) < 4.78 is 5.17. The van der Waals surface area contributed by atoms with Crippen LogP contribution < -0.4 is 15.8 Å². The number of carbonyl (C=O) groups is 1. The highest BCUT2D eigenvalue weighted by Gasteiger charge is 2.17. The lowest BCUT2D eigenvalue weighted by atomic mass is 10.1. The molecule has 0 fully saturated rings. The first-order valence-corrected chi connectivity index (χ1v) is 6.33. The highest BCUT2D eigenvalue weighted by atomic mass is 16.5. The van der Waals surface area contributed by atoms with Gasteiger partial charge in [0.05, 0.1) is 7.11 Å². The molecule has 1 aromatic rings. The van der Waals surface area contributed by atoms with Gasteiger partial charge in [0, 0.05) is 11.7 Å². The van der Waals surface area contributed by atoms with Crippen molar-refractivity contribution < 1.29 is 9.53 Å². The summed E-state index contributed by atoms with van der Waals surface area (Å²) >= 11 is 0. The van der Waals surface area contributed by atoms with E-state index in [4.69, 9.17) is 10.5 Å². The van der Waals surface area contributed by atoms with Gasteiger partial charge in [-0.1, -0.05) is 25.8 Å². The number of nitrogen functional groups attached to an aromatic ring is 1. The first-order valence-electron chi connectivity index (χ1n) is 6.33. The van der Waals surface area contributed by atoms with Crippen molar-refractivity contribution in [3.63, 3.8) is 0 Å². The third-order valence-corrected chi connectivity index (χ3v) is 2.87. The molecule has 0 aliphatic rings. The molecule has 0 saturated carbocycles. The Labute approximate surface area is 109 Å². The summed E-state index contributed by atoms with van der Waals surface area (Å²) in [5, 5.41) is 2.95. The van der Waals surface area contributed by atoms with Crippen LogP contribution in [-0.4, -0.2) is 19.1 Å². The number of amides is 1. The predicted octanol–water partition coefficient (Wildman–Crippen LogP) is 2.59. The van der Waals surface area contributed by atoms with Crippen LogP contribution in [0, 0.1) is 0 Å². The lowest BCUT2D eigenvalue weighted by Crippen LogP contribution is -2.33. The van der Waals surface area contributed by atoms with E-state index in [9.17, 15) is 4.79 Å². The summed E-state index contributed by atoms with van der Waals surface area (Å²) in [4.78, 5) is 12.1. The van der Waals surface area contributed by atoms with E-state index < -0.39 is 0 Å². The second kappa shape index (κ2) is 6.89. The van der Waals surface area contributed by atoms with Gasteiger partial charge >= 0.3 is 0 Å². The molecule has 18 heavy (non-hydrogen) atoms. The highest BCUT2D eigenvalue weighted by molar-refractivity contribution is 6.02. The lowest BCUT2D eigenvalue weighted by Gasteiger charge is -2.16. The van der Waals surface area contributed by atoms with E-state index in [-0.39, 0.29) is 11.9 Å². The average Bonchev–Trinajstić information content (AvgIpc) is 2.35. The van der Waals surface area contributed by atoms with E-state index in [2.05, 4.69) is 12.2 Å². The Balaban J connectivity index is 2.78. The first kappa shape index (κ1) is 14.4. The van der Waals surface area contributed by atoms with E-state index in [0.29, 0.717) is 17.0 Å². The summed E-state index contributed by atoms with van der Waals surface area (Å²) in [7, 11) is 1.53. The van der Waals surface area contributed by atoms with Gasteiger partial charge in [-0.3, -0.25) is 4.79 Å². The van der Waals surface area contributed by atoms with Gasteiger partial charge in [0.15, 0.2) is 0 Å². The average molecular weight is 250 g/mol. The molecule has 4 nitrogen and oxygen atoms in total. The Morgan fingerprint density at radius 1 is 1.50 bits per heavy atom. The van der Waals surface area contributed by atoms with E-state index in [1.165, 1.54) is 7.11 Å². The molecular formula is C14H22N2O2. The molecule has 0 aromatic heterocycles. The maximum absolute atomic E-state index is 12.1. The van der Waals surface area contributed by atoms with Crippen molar-refractivity contribution in [3.8, 4) is 5.75 Å². The normalized spacial score (nSPS) is 11.9. The molecular weight excluding hydrogens is 228 g/mol. The summed E-state index contributed by atoms with van der Waals surface area (Å²) in [5.41, 5.74) is 6.69. The molecule has 100 valence electrons. The fourth-order valence-corrected chi connectivity index (χ4v) is 1.84. The topological polar surface area (TPSA) is 64.4 Å². The number of hydrogen-bond donors (Lipinski definition) is 2. The van der Waals surface area contributed by atoms with E-state index in [0.717, 1.165) is 19.3 Å². The van der Waals surface area contributed by atoms with Gasteiger partial charge in [0.25, 0.3) is 5.91 Å². The lowest BCUT2D eigenvalue weighted by molar-refractivity contribution is 0.0936. The molecule has 3 N–H and O–H groups in total. The number of hydrogen-bond acceptors (Lipinski definition) is 3. The smallest absolute Gasteiger partial charge is 0.257 e. The van der Waals surface area contributed by atoms with Gasteiger partial charge in [-0.05, 0) is 25.5 Å². The molecule has 0 aliphatic heterocycles.